The van der Waals surface area contributed by atoms with Crippen molar-refractivity contribution in [2.45, 2.75) is 6.61 Å². The van der Waals surface area contributed by atoms with Crippen molar-refractivity contribution in [3.8, 4) is 5.75 Å². The SMILES string of the molecule is C=CC(=O)Nc1ccc(OCc2cccnc2Br)c(F)c1. The second kappa shape index (κ2) is 6.99. The van der Waals surface area contributed by atoms with Crippen molar-refractivity contribution >= 4 is 27.5 Å². The van der Waals surface area contributed by atoms with Gasteiger partial charge in [0.2, 0.25) is 5.91 Å². The standard InChI is InChI=1S/C15H12BrFN2O2/c1-2-14(20)19-11-5-6-13(12(17)8-11)21-9-10-4-3-7-18-15(10)16/h2-8H,1,9H2,(H,19,20). The van der Waals surface area contributed by atoms with E-state index in [1.54, 1.807) is 18.3 Å². The van der Waals surface area contributed by atoms with Gasteiger partial charge in [0.25, 0.3) is 0 Å². The lowest BCUT2D eigenvalue weighted by Gasteiger charge is -2.09. The van der Waals surface area contributed by atoms with E-state index in [9.17, 15) is 9.18 Å². The third-order valence-electron chi connectivity index (χ3n) is 2.60. The Morgan fingerprint density at radius 1 is 1.48 bits per heavy atom. The first-order valence-electron chi connectivity index (χ1n) is 6.05. The molecule has 0 aliphatic heterocycles. The van der Waals surface area contributed by atoms with Crippen LogP contribution in [-0.2, 0) is 11.4 Å². The van der Waals surface area contributed by atoms with Gasteiger partial charge in [0.1, 0.15) is 11.2 Å². The maximum Gasteiger partial charge on any atom is 0.247 e. The van der Waals surface area contributed by atoms with Crippen LogP contribution < -0.4 is 10.1 Å². The van der Waals surface area contributed by atoms with E-state index in [-0.39, 0.29) is 12.4 Å². The van der Waals surface area contributed by atoms with E-state index in [0.717, 1.165) is 11.6 Å². The number of nitrogens with zero attached hydrogens (tertiary/aromatic N) is 1. The number of benzene rings is 1. The molecular formula is C15H12BrFN2O2. The number of pyridine rings is 1. The smallest absolute Gasteiger partial charge is 0.247 e. The highest BCUT2D eigenvalue weighted by atomic mass is 79.9. The summed E-state index contributed by atoms with van der Waals surface area (Å²) >= 11 is 3.29. The molecule has 0 radical (unpaired) electrons. The van der Waals surface area contributed by atoms with Gasteiger partial charge < -0.3 is 10.1 Å². The van der Waals surface area contributed by atoms with E-state index in [1.807, 2.05) is 6.07 Å². The maximum atomic E-state index is 13.9. The Morgan fingerprint density at radius 3 is 2.95 bits per heavy atom. The zero-order chi connectivity index (χ0) is 15.2. The highest BCUT2D eigenvalue weighted by Gasteiger charge is 2.08. The molecule has 0 spiro atoms. The molecule has 0 aliphatic carbocycles. The number of rotatable bonds is 5. The molecule has 2 aromatic rings. The minimum Gasteiger partial charge on any atom is -0.486 e. The predicted octanol–water partition coefficient (Wildman–Crippen LogP) is 3.69. The lowest BCUT2D eigenvalue weighted by atomic mass is 10.2. The molecule has 0 aliphatic rings. The first-order chi connectivity index (χ1) is 10.1. The van der Waals surface area contributed by atoms with Gasteiger partial charge in [0.15, 0.2) is 11.6 Å². The summed E-state index contributed by atoms with van der Waals surface area (Å²) in [6.07, 6.45) is 2.76. The Hall–Kier alpha value is -2.21. The van der Waals surface area contributed by atoms with Crippen molar-refractivity contribution in [1.82, 2.24) is 4.98 Å². The molecule has 2 rings (SSSR count). The Bertz CT molecular complexity index is 676. The van der Waals surface area contributed by atoms with Crippen molar-refractivity contribution in [1.29, 1.82) is 0 Å². The lowest BCUT2D eigenvalue weighted by molar-refractivity contribution is -0.111. The fourth-order valence-electron chi connectivity index (χ4n) is 1.57. The second-order valence-electron chi connectivity index (χ2n) is 4.08. The maximum absolute atomic E-state index is 13.9. The number of halogens is 2. The van der Waals surface area contributed by atoms with Crippen LogP contribution in [-0.4, -0.2) is 10.9 Å². The van der Waals surface area contributed by atoms with Gasteiger partial charge in [-0.25, -0.2) is 9.37 Å². The normalized spacial score (nSPS) is 10.0. The summed E-state index contributed by atoms with van der Waals surface area (Å²) in [6.45, 7) is 3.51. The van der Waals surface area contributed by atoms with Crippen LogP contribution in [0.15, 0.2) is 53.8 Å². The molecule has 0 fully saturated rings. The molecular weight excluding hydrogens is 339 g/mol. The number of amides is 1. The number of hydrogen-bond donors (Lipinski definition) is 1. The van der Waals surface area contributed by atoms with E-state index >= 15 is 0 Å². The molecule has 0 saturated heterocycles. The number of nitrogens with one attached hydrogen (secondary N) is 1. The van der Waals surface area contributed by atoms with Crippen LogP contribution >= 0.6 is 15.9 Å². The van der Waals surface area contributed by atoms with Crippen molar-refractivity contribution in [3.05, 3.63) is 65.2 Å². The quantitative estimate of drug-likeness (QED) is 0.660. The average Bonchev–Trinajstić information content (AvgIpc) is 2.48. The summed E-state index contributed by atoms with van der Waals surface area (Å²) < 4.78 is 19.9. The molecule has 0 bridgehead atoms. The monoisotopic (exact) mass is 350 g/mol. The van der Waals surface area contributed by atoms with Gasteiger partial charge in [0.05, 0.1) is 0 Å². The topological polar surface area (TPSA) is 51.2 Å². The Morgan fingerprint density at radius 2 is 2.29 bits per heavy atom. The summed E-state index contributed by atoms with van der Waals surface area (Å²) in [4.78, 5) is 15.2. The van der Waals surface area contributed by atoms with Crippen molar-refractivity contribution in [2.75, 3.05) is 5.32 Å². The van der Waals surface area contributed by atoms with Gasteiger partial charge in [-0.05, 0) is 40.2 Å². The summed E-state index contributed by atoms with van der Waals surface area (Å²) in [5.74, 6) is -0.860. The molecule has 0 unspecified atom stereocenters. The zero-order valence-electron chi connectivity index (χ0n) is 11.0. The minimum atomic E-state index is -0.558. The summed E-state index contributed by atoms with van der Waals surface area (Å²) in [6, 6.07) is 7.80. The van der Waals surface area contributed by atoms with E-state index in [0.29, 0.717) is 10.3 Å². The number of anilines is 1. The lowest BCUT2D eigenvalue weighted by Crippen LogP contribution is -2.07. The van der Waals surface area contributed by atoms with E-state index < -0.39 is 11.7 Å². The number of aromatic nitrogens is 1. The molecule has 6 heteroatoms. The molecule has 1 aromatic heterocycles. The highest BCUT2D eigenvalue weighted by Crippen LogP contribution is 2.23. The third kappa shape index (κ3) is 4.13. The van der Waals surface area contributed by atoms with Crippen LogP contribution in [0.5, 0.6) is 5.75 Å². The fourth-order valence-corrected chi connectivity index (χ4v) is 1.94. The highest BCUT2D eigenvalue weighted by molar-refractivity contribution is 9.10. The van der Waals surface area contributed by atoms with Gasteiger partial charge in [-0.1, -0.05) is 12.6 Å². The van der Waals surface area contributed by atoms with Crippen LogP contribution in [0, 0.1) is 5.82 Å². The van der Waals surface area contributed by atoms with Crippen molar-refractivity contribution < 1.29 is 13.9 Å². The summed E-state index contributed by atoms with van der Waals surface area (Å²) in [5, 5.41) is 2.47. The molecule has 4 nitrogen and oxygen atoms in total. The fraction of sp³-hybridized carbons (Fsp3) is 0.0667. The van der Waals surface area contributed by atoms with Crippen LogP contribution in [0.4, 0.5) is 10.1 Å². The van der Waals surface area contributed by atoms with E-state index in [1.165, 1.54) is 12.1 Å². The second-order valence-corrected chi connectivity index (χ2v) is 4.83. The van der Waals surface area contributed by atoms with E-state index in [4.69, 9.17) is 4.74 Å². The third-order valence-corrected chi connectivity index (χ3v) is 3.32. The van der Waals surface area contributed by atoms with Gasteiger partial charge >= 0.3 is 0 Å². The predicted molar refractivity (Wildman–Crippen MR) is 81.5 cm³/mol. The Balaban J connectivity index is 2.06. The van der Waals surface area contributed by atoms with E-state index in [2.05, 4.69) is 32.8 Å². The van der Waals surface area contributed by atoms with Crippen LogP contribution in [0.3, 0.4) is 0 Å². The summed E-state index contributed by atoms with van der Waals surface area (Å²) in [7, 11) is 0. The first-order valence-corrected chi connectivity index (χ1v) is 6.84. The molecule has 0 atom stereocenters. The van der Waals surface area contributed by atoms with Gasteiger partial charge in [-0.2, -0.15) is 0 Å². The molecule has 0 saturated carbocycles. The number of carbonyl (C=O) groups excluding carboxylic acids is 1. The minimum absolute atomic E-state index is 0.0994. The van der Waals surface area contributed by atoms with Crippen molar-refractivity contribution in [2.24, 2.45) is 0 Å². The summed E-state index contributed by atoms with van der Waals surface area (Å²) in [5.41, 5.74) is 1.15. The number of ether oxygens (including phenoxy) is 1. The average molecular weight is 351 g/mol. The Kier molecular flexibility index (Phi) is 5.05. The van der Waals surface area contributed by atoms with Crippen LogP contribution in [0.25, 0.3) is 0 Å². The van der Waals surface area contributed by atoms with Gasteiger partial charge in [-0.3, -0.25) is 4.79 Å². The number of hydrogen-bond acceptors (Lipinski definition) is 3. The van der Waals surface area contributed by atoms with Crippen LogP contribution in [0.2, 0.25) is 0 Å². The Labute approximate surface area is 129 Å². The van der Waals surface area contributed by atoms with Crippen LogP contribution in [0.1, 0.15) is 5.56 Å². The molecule has 1 heterocycles. The first kappa shape index (κ1) is 15.2. The molecule has 21 heavy (non-hydrogen) atoms. The van der Waals surface area contributed by atoms with Gasteiger partial charge in [-0.15, -0.1) is 0 Å². The molecule has 1 aromatic carbocycles. The number of carbonyl (C=O) groups is 1. The molecule has 1 amide bonds. The molecule has 108 valence electrons. The van der Waals surface area contributed by atoms with Gasteiger partial charge in [0, 0.05) is 23.5 Å². The zero-order valence-corrected chi connectivity index (χ0v) is 12.6. The largest absolute Gasteiger partial charge is 0.486 e. The molecule has 1 N–H and O–H groups in total. The van der Waals surface area contributed by atoms with Crippen molar-refractivity contribution in [3.63, 3.8) is 0 Å².